The minimum absolute atomic E-state index is 0.294. The van der Waals surface area contributed by atoms with E-state index < -0.39 is 5.97 Å². The lowest BCUT2D eigenvalue weighted by atomic mass is 10.4. The molecular weight excluding hydrogens is 183 g/mol. The molecule has 0 aliphatic rings. The predicted molar refractivity (Wildman–Crippen MR) is 44.7 cm³/mol. The minimum atomic E-state index is -0.833. The van der Waals surface area contributed by atoms with Gasteiger partial charge in [0.1, 0.15) is 5.82 Å². The number of hydrogen-bond donors (Lipinski definition) is 1. The van der Waals surface area contributed by atoms with E-state index in [1.807, 2.05) is 0 Å². The Balaban J connectivity index is 0.000000261. The molecule has 0 bridgehead atoms. The van der Waals surface area contributed by atoms with Gasteiger partial charge in [-0.05, 0) is 18.2 Å². The Kier molecular flexibility index (Phi) is 5.04. The molecule has 0 fully saturated rings. The topological polar surface area (TPSA) is 37.3 Å². The van der Waals surface area contributed by atoms with E-state index in [1.54, 1.807) is 12.1 Å². The molecule has 0 spiro atoms. The van der Waals surface area contributed by atoms with E-state index in [0.717, 1.165) is 6.92 Å². The van der Waals surface area contributed by atoms with Crippen LogP contribution in [0.25, 0.3) is 0 Å². The van der Waals surface area contributed by atoms with E-state index in [2.05, 4.69) is 0 Å². The molecule has 12 heavy (non-hydrogen) atoms. The Hall–Kier alpha value is -1.09. The number of aliphatic carboxylic acids is 1. The Labute approximate surface area is 74.6 Å². The molecule has 0 aromatic heterocycles. The van der Waals surface area contributed by atoms with Crippen molar-refractivity contribution in [2.75, 3.05) is 0 Å². The first-order valence-electron chi connectivity index (χ1n) is 3.13. The van der Waals surface area contributed by atoms with Gasteiger partial charge < -0.3 is 5.11 Å². The van der Waals surface area contributed by atoms with E-state index in [-0.39, 0.29) is 5.82 Å². The van der Waals surface area contributed by atoms with E-state index in [0.29, 0.717) is 5.02 Å². The third-order valence-electron chi connectivity index (χ3n) is 0.787. The first-order valence-corrected chi connectivity index (χ1v) is 3.51. The summed E-state index contributed by atoms with van der Waals surface area (Å²) in [5.74, 6) is -1.13. The molecule has 1 aromatic rings. The monoisotopic (exact) mass is 190 g/mol. The molecule has 0 saturated carbocycles. The van der Waals surface area contributed by atoms with Crippen molar-refractivity contribution in [2.24, 2.45) is 0 Å². The summed E-state index contributed by atoms with van der Waals surface area (Å²) in [5.41, 5.74) is 0. The summed E-state index contributed by atoms with van der Waals surface area (Å²) in [6, 6.07) is 5.82. The van der Waals surface area contributed by atoms with Crippen LogP contribution in [0.3, 0.4) is 0 Å². The van der Waals surface area contributed by atoms with E-state index >= 15 is 0 Å². The maximum atomic E-state index is 12.1. The maximum Gasteiger partial charge on any atom is 0.300 e. The molecule has 1 aromatic carbocycles. The lowest BCUT2D eigenvalue weighted by Gasteiger charge is -1.85. The fraction of sp³-hybridized carbons (Fsp3) is 0.125. The SMILES string of the molecule is CC(=O)O.Fc1cccc(Cl)c1. The number of carbonyl (C=O) groups is 1. The molecule has 0 saturated heterocycles. The first-order chi connectivity index (χ1) is 5.52. The van der Waals surface area contributed by atoms with Gasteiger partial charge in [-0.3, -0.25) is 4.79 Å². The normalized spacial score (nSPS) is 8.25. The molecule has 2 nitrogen and oxygen atoms in total. The number of halogens is 2. The first kappa shape index (κ1) is 10.9. The van der Waals surface area contributed by atoms with Crippen LogP contribution in [0.4, 0.5) is 4.39 Å². The fourth-order valence-corrected chi connectivity index (χ4v) is 0.637. The minimum Gasteiger partial charge on any atom is -0.481 e. The van der Waals surface area contributed by atoms with Crippen LogP contribution in [0.1, 0.15) is 6.92 Å². The van der Waals surface area contributed by atoms with Crippen LogP contribution < -0.4 is 0 Å². The quantitative estimate of drug-likeness (QED) is 0.683. The second-order valence-corrected chi connectivity index (χ2v) is 2.40. The fourth-order valence-electron chi connectivity index (χ4n) is 0.460. The van der Waals surface area contributed by atoms with Crippen molar-refractivity contribution in [3.05, 3.63) is 35.1 Å². The molecule has 0 unspecified atom stereocenters. The molecule has 66 valence electrons. The molecule has 0 amide bonds. The van der Waals surface area contributed by atoms with Crippen molar-refractivity contribution in [2.45, 2.75) is 6.92 Å². The van der Waals surface area contributed by atoms with E-state index in [9.17, 15) is 4.39 Å². The van der Waals surface area contributed by atoms with Crippen molar-refractivity contribution < 1.29 is 14.3 Å². The van der Waals surface area contributed by atoms with Crippen molar-refractivity contribution >= 4 is 17.6 Å². The maximum absolute atomic E-state index is 12.1. The second-order valence-electron chi connectivity index (χ2n) is 1.96. The molecule has 0 radical (unpaired) electrons. The summed E-state index contributed by atoms with van der Waals surface area (Å²) < 4.78 is 12.1. The molecule has 0 atom stereocenters. The molecule has 1 rings (SSSR count). The van der Waals surface area contributed by atoms with Gasteiger partial charge in [-0.2, -0.15) is 0 Å². The zero-order chi connectivity index (χ0) is 9.56. The van der Waals surface area contributed by atoms with Crippen LogP contribution in [0.2, 0.25) is 5.02 Å². The van der Waals surface area contributed by atoms with Crippen molar-refractivity contribution in [1.82, 2.24) is 0 Å². The Morgan fingerprint density at radius 3 is 2.33 bits per heavy atom. The van der Waals surface area contributed by atoms with Crippen LogP contribution in [0.15, 0.2) is 24.3 Å². The smallest absolute Gasteiger partial charge is 0.300 e. The average molecular weight is 191 g/mol. The molecule has 4 heteroatoms. The number of benzene rings is 1. The van der Waals surface area contributed by atoms with Crippen LogP contribution in [0.5, 0.6) is 0 Å². The van der Waals surface area contributed by atoms with Gasteiger partial charge in [0.05, 0.1) is 0 Å². The summed E-state index contributed by atoms with van der Waals surface area (Å²) in [6.07, 6.45) is 0. The Morgan fingerprint density at radius 1 is 1.58 bits per heavy atom. The highest BCUT2D eigenvalue weighted by Crippen LogP contribution is 2.07. The Morgan fingerprint density at radius 2 is 2.08 bits per heavy atom. The lowest BCUT2D eigenvalue weighted by Crippen LogP contribution is -1.78. The molecule has 0 aliphatic heterocycles. The van der Waals surface area contributed by atoms with Gasteiger partial charge in [0.25, 0.3) is 5.97 Å². The number of carboxylic acids is 1. The van der Waals surface area contributed by atoms with E-state index in [1.165, 1.54) is 12.1 Å². The van der Waals surface area contributed by atoms with Crippen LogP contribution in [-0.2, 0) is 4.79 Å². The van der Waals surface area contributed by atoms with Crippen molar-refractivity contribution in [3.8, 4) is 0 Å². The summed E-state index contributed by atoms with van der Waals surface area (Å²) in [4.78, 5) is 9.00. The number of rotatable bonds is 0. The number of hydrogen-bond acceptors (Lipinski definition) is 1. The molecule has 0 heterocycles. The average Bonchev–Trinajstić information content (AvgIpc) is 1.84. The summed E-state index contributed by atoms with van der Waals surface area (Å²) in [5, 5.41) is 7.85. The highest BCUT2D eigenvalue weighted by atomic mass is 35.5. The summed E-state index contributed by atoms with van der Waals surface area (Å²) in [6.45, 7) is 1.08. The van der Waals surface area contributed by atoms with E-state index in [4.69, 9.17) is 21.5 Å². The van der Waals surface area contributed by atoms with Crippen molar-refractivity contribution in [1.29, 1.82) is 0 Å². The highest BCUT2D eigenvalue weighted by Gasteiger charge is 1.86. The third-order valence-corrected chi connectivity index (χ3v) is 1.02. The highest BCUT2D eigenvalue weighted by molar-refractivity contribution is 6.30. The second kappa shape index (κ2) is 5.55. The van der Waals surface area contributed by atoms with Crippen LogP contribution in [0, 0.1) is 5.82 Å². The zero-order valence-corrected chi connectivity index (χ0v) is 7.18. The standard InChI is InChI=1S/C6H4ClF.C2H4O2/c7-5-2-1-3-6(8)4-5;1-2(3)4/h1-4H;1H3,(H,3,4). The van der Waals surface area contributed by atoms with Crippen LogP contribution in [-0.4, -0.2) is 11.1 Å². The number of carboxylic acid groups (broad SMARTS) is 1. The van der Waals surface area contributed by atoms with Gasteiger partial charge in [0.2, 0.25) is 0 Å². The predicted octanol–water partition coefficient (Wildman–Crippen LogP) is 2.57. The van der Waals surface area contributed by atoms with Gasteiger partial charge in [0, 0.05) is 11.9 Å². The Bertz CT molecular complexity index is 242. The summed E-state index contributed by atoms with van der Waals surface area (Å²) in [7, 11) is 0. The third kappa shape index (κ3) is 7.02. The molecule has 1 N–H and O–H groups in total. The van der Waals surface area contributed by atoms with Gasteiger partial charge in [0.15, 0.2) is 0 Å². The summed E-state index contributed by atoms with van der Waals surface area (Å²) >= 11 is 5.40. The molecule has 0 aliphatic carbocycles. The van der Waals surface area contributed by atoms with Crippen LogP contribution >= 0.6 is 11.6 Å². The van der Waals surface area contributed by atoms with Crippen molar-refractivity contribution in [3.63, 3.8) is 0 Å². The lowest BCUT2D eigenvalue weighted by molar-refractivity contribution is -0.134. The largest absolute Gasteiger partial charge is 0.481 e. The van der Waals surface area contributed by atoms with Gasteiger partial charge in [-0.15, -0.1) is 0 Å². The zero-order valence-electron chi connectivity index (χ0n) is 6.42. The van der Waals surface area contributed by atoms with Gasteiger partial charge in [-0.1, -0.05) is 17.7 Å². The molecular formula is C8H8ClFO2. The van der Waals surface area contributed by atoms with Gasteiger partial charge >= 0.3 is 0 Å². The van der Waals surface area contributed by atoms with Gasteiger partial charge in [-0.25, -0.2) is 4.39 Å².